The average Bonchev–Trinajstić information content (AvgIpc) is 2.89. The number of esters is 1. The topological polar surface area (TPSA) is 102 Å². The summed E-state index contributed by atoms with van der Waals surface area (Å²) in [5.74, 6) is -0.416. The van der Waals surface area contributed by atoms with E-state index in [1.807, 2.05) is 25.1 Å². The first-order chi connectivity index (χ1) is 17.3. The van der Waals surface area contributed by atoms with Crippen molar-refractivity contribution in [3.63, 3.8) is 0 Å². The number of carbonyl (C=O) groups is 2. The van der Waals surface area contributed by atoms with E-state index in [-0.39, 0.29) is 11.4 Å². The highest BCUT2D eigenvalue weighted by atomic mass is 32.2. The van der Waals surface area contributed by atoms with E-state index in [0.717, 1.165) is 22.7 Å². The summed E-state index contributed by atoms with van der Waals surface area (Å²) >= 11 is 0. The van der Waals surface area contributed by atoms with Crippen LogP contribution in [0.2, 0.25) is 0 Å². The Hall–Kier alpha value is -3.69. The van der Waals surface area contributed by atoms with Gasteiger partial charge in [0.1, 0.15) is 5.75 Å². The number of nitrogens with zero attached hydrogens (tertiary/aromatic N) is 1. The summed E-state index contributed by atoms with van der Waals surface area (Å²) in [6.45, 7) is 1.98. The molecule has 1 amide bonds. The maximum Gasteiger partial charge on any atom is 0.338 e. The average molecular weight is 511 g/mol. The van der Waals surface area contributed by atoms with Crippen molar-refractivity contribution >= 4 is 27.6 Å². The number of unbranched alkanes of at least 4 members (excludes halogenated alkanes) is 1. The van der Waals surface area contributed by atoms with Crippen LogP contribution in [-0.4, -0.2) is 44.9 Å². The molecule has 0 aromatic heterocycles. The maximum atomic E-state index is 13.4. The first-order valence-electron chi connectivity index (χ1n) is 11.6. The Kier molecular flexibility index (Phi) is 9.61. The van der Waals surface area contributed by atoms with Crippen LogP contribution < -0.4 is 10.1 Å². The van der Waals surface area contributed by atoms with Crippen molar-refractivity contribution in [1.29, 1.82) is 0 Å². The van der Waals surface area contributed by atoms with Gasteiger partial charge in [-0.2, -0.15) is 4.31 Å². The van der Waals surface area contributed by atoms with E-state index in [1.165, 1.54) is 19.2 Å². The van der Waals surface area contributed by atoms with Crippen LogP contribution in [0.1, 0.15) is 35.7 Å². The lowest BCUT2D eigenvalue weighted by molar-refractivity contribution is -0.116. The maximum absolute atomic E-state index is 13.4. The van der Waals surface area contributed by atoms with Crippen molar-refractivity contribution in [3.8, 4) is 5.75 Å². The summed E-state index contributed by atoms with van der Waals surface area (Å²) in [7, 11) is -2.49. The number of anilines is 1. The quantitative estimate of drug-likeness (QED) is 0.285. The Morgan fingerprint density at radius 3 is 2.19 bits per heavy atom. The molecule has 0 radical (unpaired) electrons. The molecule has 3 aromatic rings. The van der Waals surface area contributed by atoms with Gasteiger partial charge < -0.3 is 14.8 Å². The van der Waals surface area contributed by atoms with Gasteiger partial charge in [0, 0.05) is 12.2 Å². The number of sulfonamides is 1. The first-order valence-corrected chi connectivity index (χ1v) is 13.0. The molecular formula is C27H30N2O6S. The minimum Gasteiger partial charge on any atom is -0.497 e. The molecule has 0 unspecified atom stereocenters. The van der Waals surface area contributed by atoms with Crippen LogP contribution in [0.5, 0.6) is 5.75 Å². The van der Waals surface area contributed by atoms with Gasteiger partial charge in [0.25, 0.3) is 0 Å². The Balaban J connectivity index is 1.74. The number of hydrogen-bond donors (Lipinski definition) is 1. The molecule has 0 aliphatic heterocycles. The van der Waals surface area contributed by atoms with Gasteiger partial charge >= 0.3 is 5.97 Å². The molecule has 0 saturated carbocycles. The normalized spacial score (nSPS) is 11.2. The summed E-state index contributed by atoms with van der Waals surface area (Å²) in [4.78, 5) is 25.0. The van der Waals surface area contributed by atoms with Crippen LogP contribution in [-0.2, 0) is 26.1 Å². The fourth-order valence-corrected chi connectivity index (χ4v) is 4.74. The third-order valence-corrected chi connectivity index (χ3v) is 7.16. The second-order valence-corrected chi connectivity index (χ2v) is 9.99. The third kappa shape index (κ3) is 7.40. The van der Waals surface area contributed by atoms with Gasteiger partial charge in [-0.05, 0) is 60.5 Å². The van der Waals surface area contributed by atoms with Gasteiger partial charge in [-0.3, -0.25) is 4.79 Å². The van der Waals surface area contributed by atoms with Crippen LogP contribution in [0.25, 0.3) is 0 Å². The zero-order chi connectivity index (χ0) is 26.0. The fourth-order valence-electron chi connectivity index (χ4n) is 3.35. The van der Waals surface area contributed by atoms with Gasteiger partial charge in [-0.25, -0.2) is 13.2 Å². The molecule has 0 aliphatic carbocycles. The molecule has 1 N–H and O–H groups in total. The van der Waals surface area contributed by atoms with Gasteiger partial charge in [0.15, 0.2) is 0 Å². The van der Waals surface area contributed by atoms with Gasteiger partial charge in [0.2, 0.25) is 15.9 Å². The number of hydrogen-bond acceptors (Lipinski definition) is 6. The van der Waals surface area contributed by atoms with Gasteiger partial charge in [-0.1, -0.05) is 43.7 Å². The van der Waals surface area contributed by atoms with Crippen molar-refractivity contribution in [2.45, 2.75) is 31.2 Å². The lowest BCUT2D eigenvalue weighted by Crippen LogP contribution is -2.37. The number of methoxy groups -OCH3 is 1. The summed E-state index contributed by atoms with van der Waals surface area (Å²) in [6, 6.07) is 21.3. The van der Waals surface area contributed by atoms with Crippen LogP contribution in [0.15, 0.2) is 83.8 Å². The SMILES string of the molecule is CCCCOC(=O)c1ccc(NC(=O)CN(Cc2ccccc2)S(=O)(=O)c2ccc(OC)cc2)cc1. The van der Waals surface area contributed by atoms with Crippen LogP contribution in [0, 0.1) is 0 Å². The van der Waals surface area contributed by atoms with E-state index in [9.17, 15) is 18.0 Å². The Labute approximate surface area is 211 Å². The molecule has 9 heteroatoms. The molecule has 0 fully saturated rings. The molecule has 3 aromatic carbocycles. The van der Waals surface area contributed by atoms with Crippen LogP contribution >= 0.6 is 0 Å². The predicted molar refractivity (Wildman–Crippen MR) is 137 cm³/mol. The smallest absolute Gasteiger partial charge is 0.338 e. The van der Waals surface area contributed by atoms with E-state index in [2.05, 4.69) is 5.32 Å². The van der Waals surface area contributed by atoms with Crippen molar-refractivity contribution in [3.05, 3.63) is 90.0 Å². The molecule has 0 bridgehead atoms. The fraction of sp³-hybridized carbons (Fsp3) is 0.259. The highest BCUT2D eigenvalue weighted by molar-refractivity contribution is 7.89. The number of rotatable bonds is 12. The molecule has 36 heavy (non-hydrogen) atoms. The largest absolute Gasteiger partial charge is 0.497 e. The number of nitrogens with one attached hydrogen (secondary N) is 1. The van der Waals surface area contributed by atoms with E-state index >= 15 is 0 Å². The van der Waals surface area contributed by atoms with Crippen LogP contribution in [0.4, 0.5) is 5.69 Å². The third-order valence-electron chi connectivity index (χ3n) is 5.35. The van der Waals surface area contributed by atoms with Crippen molar-refractivity contribution in [1.82, 2.24) is 4.31 Å². The van der Waals surface area contributed by atoms with E-state index in [0.29, 0.717) is 23.6 Å². The lowest BCUT2D eigenvalue weighted by Gasteiger charge is -2.22. The molecule has 0 aliphatic rings. The standard InChI is InChI=1S/C27H30N2O6S/c1-3-4-18-35-27(31)22-10-12-23(13-11-22)28-26(30)20-29(19-21-8-6-5-7-9-21)36(32,33)25-16-14-24(34-2)15-17-25/h5-17H,3-4,18-20H2,1-2H3,(H,28,30). The minimum atomic E-state index is -3.98. The first kappa shape index (κ1) is 26.9. The van der Waals surface area contributed by atoms with Gasteiger partial charge in [-0.15, -0.1) is 0 Å². The van der Waals surface area contributed by atoms with Crippen molar-refractivity contribution in [2.24, 2.45) is 0 Å². The summed E-state index contributed by atoms with van der Waals surface area (Å²) in [5.41, 5.74) is 1.55. The summed E-state index contributed by atoms with van der Waals surface area (Å²) < 4.78 is 38.2. The number of amides is 1. The summed E-state index contributed by atoms with van der Waals surface area (Å²) in [5, 5.41) is 2.70. The molecule has 0 atom stereocenters. The second-order valence-electron chi connectivity index (χ2n) is 8.05. The van der Waals surface area contributed by atoms with Crippen molar-refractivity contribution < 1.29 is 27.5 Å². The number of benzene rings is 3. The highest BCUT2D eigenvalue weighted by Gasteiger charge is 2.27. The predicted octanol–water partition coefficient (Wildman–Crippen LogP) is 4.48. The molecule has 0 saturated heterocycles. The highest BCUT2D eigenvalue weighted by Crippen LogP contribution is 2.21. The van der Waals surface area contributed by atoms with E-state index in [4.69, 9.17) is 9.47 Å². The summed E-state index contributed by atoms with van der Waals surface area (Å²) in [6.07, 6.45) is 1.71. The molecule has 0 heterocycles. The van der Waals surface area contributed by atoms with Crippen LogP contribution in [0.3, 0.4) is 0 Å². The number of ether oxygens (including phenoxy) is 2. The zero-order valence-electron chi connectivity index (χ0n) is 20.3. The van der Waals surface area contributed by atoms with E-state index < -0.39 is 28.4 Å². The molecule has 190 valence electrons. The Morgan fingerprint density at radius 2 is 1.58 bits per heavy atom. The monoisotopic (exact) mass is 510 g/mol. The molecule has 3 rings (SSSR count). The Bertz CT molecular complexity index is 1240. The van der Waals surface area contributed by atoms with Crippen molar-refractivity contribution in [2.75, 3.05) is 25.6 Å². The molecule has 0 spiro atoms. The molecular weight excluding hydrogens is 480 g/mol. The molecule has 8 nitrogen and oxygen atoms in total. The Morgan fingerprint density at radius 1 is 0.917 bits per heavy atom. The minimum absolute atomic E-state index is 0.0190. The number of carbonyl (C=O) groups excluding carboxylic acids is 2. The van der Waals surface area contributed by atoms with Gasteiger partial charge in [0.05, 0.1) is 30.7 Å². The zero-order valence-corrected chi connectivity index (χ0v) is 21.2. The lowest BCUT2D eigenvalue weighted by atomic mass is 10.2. The van der Waals surface area contributed by atoms with E-state index in [1.54, 1.807) is 48.5 Å². The second kappa shape index (κ2) is 12.9.